The van der Waals surface area contributed by atoms with Crippen molar-refractivity contribution in [1.82, 2.24) is 29.5 Å². The fourth-order valence-corrected chi connectivity index (χ4v) is 6.64. The molecule has 0 radical (unpaired) electrons. The number of hydrogen-bond donors (Lipinski definition) is 1. The third-order valence-corrected chi connectivity index (χ3v) is 8.94. The number of sulfonamides is 1. The maximum absolute atomic E-state index is 12.9. The zero-order valence-corrected chi connectivity index (χ0v) is 20.8. The fraction of sp³-hybridized carbons (Fsp3) is 0.571. The molecule has 1 saturated heterocycles. The lowest BCUT2D eigenvalue weighted by Gasteiger charge is -2.49. The van der Waals surface area contributed by atoms with Gasteiger partial charge in [0.05, 0.1) is 16.8 Å². The van der Waals surface area contributed by atoms with E-state index in [2.05, 4.69) is 20.5 Å². The number of piperazine rings is 1. The van der Waals surface area contributed by atoms with Crippen LogP contribution >= 0.6 is 23.2 Å². The summed E-state index contributed by atoms with van der Waals surface area (Å²) in [5, 5.41) is 11.4. The molecule has 1 amide bonds. The number of aryl methyl sites for hydroxylation is 1. The van der Waals surface area contributed by atoms with E-state index < -0.39 is 10.0 Å². The Kier molecular flexibility index (Phi) is 7.30. The second-order valence-electron chi connectivity index (χ2n) is 8.71. The first-order valence-electron chi connectivity index (χ1n) is 11.1. The number of nitrogens with zero attached hydrogens (tertiary/aromatic N) is 5. The van der Waals surface area contributed by atoms with Crippen molar-refractivity contribution >= 4 is 39.1 Å². The summed E-state index contributed by atoms with van der Waals surface area (Å²) in [6.07, 6.45) is 6.66. The Balaban J connectivity index is 1.44. The highest BCUT2D eigenvalue weighted by molar-refractivity contribution is 7.89. The highest BCUT2D eigenvalue weighted by Crippen LogP contribution is 2.35. The van der Waals surface area contributed by atoms with Crippen LogP contribution in [0, 0.1) is 0 Å². The Hall–Kier alpha value is -1.72. The van der Waals surface area contributed by atoms with Gasteiger partial charge in [-0.25, -0.2) is 8.42 Å². The van der Waals surface area contributed by atoms with Crippen molar-refractivity contribution in [2.45, 2.75) is 42.7 Å². The molecule has 2 aromatic rings. The Bertz CT molecular complexity index is 1110. The highest BCUT2D eigenvalue weighted by atomic mass is 35.5. The zero-order valence-electron chi connectivity index (χ0n) is 18.5. The molecule has 33 heavy (non-hydrogen) atoms. The average molecular weight is 515 g/mol. The second kappa shape index (κ2) is 9.87. The molecule has 1 aliphatic heterocycles. The quantitative estimate of drug-likeness (QED) is 0.635. The molecule has 0 bridgehead atoms. The molecule has 1 aromatic heterocycles. The van der Waals surface area contributed by atoms with Crippen molar-refractivity contribution in [3.8, 4) is 0 Å². The van der Waals surface area contributed by atoms with Gasteiger partial charge >= 0.3 is 0 Å². The van der Waals surface area contributed by atoms with Crippen LogP contribution in [0.25, 0.3) is 0 Å². The van der Waals surface area contributed by atoms with Crippen LogP contribution in [0.4, 0.5) is 0 Å². The minimum atomic E-state index is -3.67. The smallest absolute Gasteiger partial charge is 0.264 e. The number of amides is 1. The molecular formula is C21H28Cl2N6O3S. The Morgan fingerprint density at radius 2 is 1.82 bits per heavy atom. The van der Waals surface area contributed by atoms with Crippen LogP contribution in [0.1, 0.15) is 42.5 Å². The van der Waals surface area contributed by atoms with Gasteiger partial charge in [-0.2, -0.15) is 4.31 Å². The summed E-state index contributed by atoms with van der Waals surface area (Å²) in [7, 11) is -2.03. The monoisotopic (exact) mass is 514 g/mol. The van der Waals surface area contributed by atoms with Crippen molar-refractivity contribution in [3.63, 3.8) is 0 Å². The van der Waals surface area contributed by atoms with Gasteiger partial charge in [-0.05, 0) is 31.0 Å². The molecule has 2 aliphatic rings. The van der Waals surface area contributed by atoms with E-state index in [0.717, 1.165) is 25.7 Å². The van der Waals surface area contributed by atoms with Gasteiger partial charge in [-0.15, -0.1) is 5.10 Å². The van der Waals surface area contributed by atoms with Gasteiger partial charge in [-0.3, -0.25) is 14.4 Å². The van der Waals surface area contributed by atoms with Gasteiger partial charge in [0, 0.05) is 50.3 Å². The molecule has 1 saturated carbocycles. The van der Waals surface area contributed by atoms with Crippen LogP contribution in [0.3, 0.4) is 0 Å². The number of benzene rings is 1. The summed E-state index contributed by atoms with van der Waals surface area (Å²) in [6, 6.07) is 4.84. The van der Waals surface area contributed by atoms with E-state index in [-0.39, 0.29) is 16.5 Å². The molecule has 9 nitrogen and oxygen atoms in total. The van der Waals surface area contributed by atoms with Gasteiger partial charge in [0.2, 0.25) is 5.03 Å². The number of carbonyl (C=O) groups is 1. The minimum Gasteiger partial charge on any atom is -0.350 e. The topological polar surface area (TPSA) is 100 Å². The summed E-state index contributed by atoms with van der Waals surface area (Å²) in [5.41, 5.74) is 0.196. The largest absolute Gasteiger partial charge is 0.350 e. The van der Waals surface area contributed by atoms with E-state index in [0.29, 0.717) is 48.3 Å². The van der Waals surface area contributed by atoms with E-state index >= 15 is 0 Å². The number of carbonyl (C=O) groups excluding carboxylic acids is 1. The first-order valence-corrected chi connectivity index (χ1v) is 13.3. The van der Waals surface area contributed by atoms with E-state index in [9.17, 15) is 13.2 Å². The molecule has 4 rings (SSSR count). The number of aromatic nitrogens is 3. The zero-order chi connectivity index (χ0) is 23.6. The maximum Gasteiger partial charge on any atom is 0.264 e. The summed E-state index contributed by atoms with van der Waals surface area (Å²) in [5.74, 6) is -0.231. The normalized spacial score (nSPS) is 20.0. The molecule has 180 valence electrons. The van der Waals surface area contributed by atoms with Crippen LogP contribution in [0.15, 0.2) is 29.4 Å². The molecule has 0 unspecified atom stereocenters. The van der Waals surface area contributed by atoms with Crippen molar-refractivity contribution in [1.29, 1.82) is 0 Å². The SMILES string of the molecule is Cn1cc(S(=O)(=O)N2CCN(C3(CNC(=O)c4ccc(Cl)cc4Cl)CCCCC3)CC2)nn1. The highest BCUT2D eigenvalue weighted by Gasteiger charge is 2.41. The average Bonchev–Trinajstić information content (AvgIpc) is 3.25. The Morgan fingerprint density at radius 3 is 2.42 bits per heavy atom. The predicted octanol–water partition coefficient (Wildman–Crippen LogP) is 2.56. The number of rotatable bonds is 6. The molecule has 0 spiro atoms. The van der Waals surface area contributed by atoms with Crippen LogP contribution in [0.2, 0.25) is 10.0 Å². The van der Waals surface area contributed by atoms with Crippen molar-refractivity contribution < 1.29 is 13.2 Å². The molecule has 1 aromatic carbocycles. The lowest BCUT2D eigenvalue weighted by molar-refractivity contribution is 0.0239. The van der Waals surface area contributed by atoms with Crippen LogP contribution in [0.5, 0.6) is 0 Å². The van der Waals surface area contributed by atoms with Gasteiger partial charge in [-0.1, -0.05) is 47.7 Å². The van der Waals surface area contributed by atoms with E-state index in [1.807, 2.05) is 0 Å². The maximum atomic E-state index is 12.9. The Morgan fingerprint density at radius 1 is 1.12 bits per heavy atom. The van der Waals surface area contributed by atoms with Crippen LogP contribution in [-0.2, 0) is 17.1 Å². The standard InChI is InChI=1S/C21H28Cl2N6O3S/c1-27-14-19(25-26-27)33(31,32)29-11-9-28(10-12-29)21(7-3-2-4-8-21)15-24-20(30)17-6-5-16(22)13-18(17)23/h5-6,13-14H,2-4,7-12,15H2,1H3,(H,24,30). The summed E-state index contributed by atoms with van der Waals surface area (Å²) in [6.45, 7) is 2.42. The lowest BCUT2D eigenvalue weighted by Crippen LogP contribution is -2.62. The first kappa shape index (κ1) is 24.4. The van der Waals surface area contributed by atoms with Gasteiger partial charge < -0.3 is 5.32 Å². The summed E-state index contributed by atoms with van der Waals surface area (Å²) >= 11 is 12.2. The number of halogens is 2. The van der Waals surface area contributed by atoms with Crippen molar-refractivity contribution in [2.24, 2.45) is 7.05 Å². The minimum absolute atomic E-state index is 0.0297. The van der Waals surface area contributed by atoms with E-state index in [4.69, 9.17) is 23.2 Å². The third-order valence-electron chi connectivity index (χ3n) is 6.63. The second-order valence-corrected chi connectivity index (χ2v) is 11.4. The summed E-state index contributed by atoms with van der Waals surface area (Å²) in [4.78, 5) is 15.2. The van der Waals surface area contributed by atoms with Crippen LogP contribution in [-0.4, -0.2) is 76.8 Å². The molecular weight excluding hydrogens is 487 g/mol. The molecule has 2 heterocycles. The van der Waals surface area contributed by atoms with Gasteiger partial charge in [0.1, 0.15) is 0 Å². The summed E-state index contributed by atoms with van der Waals surface area (Å²) < 4.78 is 28.7. The lowest BCUT2D eigenvalue weighted by atomic mass is 9.79. The van der Waals surface area contributed by atoms with Crippen LogP contribution < -0.4 is 5.32 Å². The number of nitrogens with one attached hydrogen (secondary N) is 1. The van der Waals surface area contributed by atoms with Gasteiger partial charge in [0.25, 0.3) is 15.9 Å². The van der Waals surface area contributed by atoms with E-state index in [1.54, 1.807) is 25.2 Å². The molecule has 1 aliphatic carbocycles. The predicted molar refractivity (Wildman–Crippen MR) is 126 cm³/mol. The Labute approximate surface area is 204 Å². The van der Waals surface area contributed by atoms with Crippen molar-refractivity contribution in [3.05, 3.63) is 40.0 Å². The molecule has 0 atom stereocenters. The molecule has 1 N–H and O–H groups in total. The third kappa shape index (κ3) is 5.19. The first-order chi connectivity index (χ1) is 15.7. The number of hydrogen-bond acceptors (Lipinski definition) is 6. The van der Waals surface area contributed by atoms with Crippen molar-refractivity contribution in [2.75, 3.05) is 32.7 Å². The van der Waals surface area contributed by atoms with E-state index in [1.165, 1.54) is 21.6 Å². The molecule has 2 fully saturated rings. The van der Waals surface area contributed by atoms with Gasteiger partial charge in [0.15, 0.2) is 0 Å². The fourth-order valence-electron chi connectivity index (χ4n) is 4.81. The molecule has 12 heteroatoms.